The number of nitrogens with zero attached hydrogens (tertiary/aromatic N) is 10. The van der Waals surface area contributed by atoms with Gasteiger partial charge in [0, 0.05) is 139 Å². The minimum Gasteiger partial charge on any atom is -0.480 e. The van der Waals surface area contributed by atoms with Gasteiger partial charge in [-0.3, -0.25) is 121 Å². The molecule has 0 aliphatic heterocycles. The van der Waals surface area contributed by atoms with Gasteiger partial charge in [0.05, 0.1) is 98.2 Å². The molecule has 40 nitrogen and oxygen atoms in total. The zero-order chi connectivity index (χ0) is 69.0. The third kappa shape index (κ3) is 46.4. The van der Waals surface area contributed by atoms with E-state index in [2.05, 4.69) is 31.9 Å². The van der Waals surface area contributed by atoms with Crippen molar-refractivity contribution in [2.24, 2.45) is 0 Å². The molecule has 0 spiro atoms. The predicted octanol–water partition coefficient (Wildman–Crippen LogP) is -10.6. The molecule has 0 saturated heterocycles. The normalized spacial score (nSPS) is 11.4. The van der Waals surface area contributed by atoms with Gasteiger partial charge in [-0.15, -0.1) is 0 Å². The number of carboxylic acid groups (broad SMARTS) is 9. The Morgan fingerprint density at radius 3 is 0.495 bits per heavy atom. The first-order chi connectivity index (χ1) is 42.8. The molecule has 0 saturated carbocycles. The SMILES string of the molecule is CNC(=O)CN(CCN(CCN(CC(=O)O)CC(=O)NCCN(CCNC(=O)CN(CCN(CCN(CC(=O)O)CC(=O)NC)CC(=O)O)CC(=O)O)CCNC(=O)CN(CCN(CCN(CC(=O)O)CC(=O)NC)CC(=O)O)CC(=O)O)CC(=O)O)CC(=O)O. The molecule has 0 aromatic carbocycles. The minimum absolute atomic E-state index is 0.000815. The number of rotatable bonds is 57. The van der Waals surface area contributed by atoms with Gasteiger partial charge in [0.15, 0.2) is 0 Å². The van der Waals surface area contributed by atoms with Crippen LogP contribution in [0.15, 0.2) is 0 Å². The van der Waals surface area contributed by atoms with Crippen molar-refractivity contribution in [2.45, 2.75) is 0 Å². The number of likely N-dealkylation sites (N-methyl/N-ethyl adjacent to an activating group) is 3. The first-order valence-electron chi connectivity index (χ1n) is 28.4. The average molecular weight is 1310 g/mol. The topological polar surface area (TPSA) is 543 Å². The molecule has 0 rings (SSSR count). The van der Waals surface area contributed by atoms with E-state index in [9.17, 15) is 118 Å². The van der Waals surface area contributed by atoms with Crippen molar-refractivity contribution >= 4 is 89.2 Å². The van der Waals surface area contributed by atoms with Gasteiger partial charge in [-0.25, -0.2) is 0 Å². The van der Waals surface area contributed by atoms with Crippen molar-refractivity contribution < 1.29 is 118 Å². The summed E-state index contributed by atoms with van der Waals surface area (Å²) < 4.78 is 0. The van der Waals surface area contributed by atoms with E-state index in [-0.39, 0.29) is 137 Å². The lowest BCUT2D eigenvalue weighted by molar-refractivity contribution is -0.141. The summed E-state index contributed by atoms with van der Waals surface area (Å²) in [5.41, 5.74) is 0. The number of carbonyl (C=O) groups is 15. The lowest BCUT2D eigenvalue weighted by Gasteiger charge is -2.28. The molecule has 518 valence electrons. The van der Waals surface area contributed by atoms with E-state index < -0.39 is 168 Å². The summed E-state index contributed by atoms with van der Waals surface area (Å²) in [4.78, 5) is 194. The molecule has 0 bridgehead atoms. The third-order valence-corrected chi connectivity index (χ3v) is 12.9. The monoisotopic (exact) mass is 1310 g/mol. The van der Waals surface area contributed by atoms with Crippen LogP contribution < -0.4 is 31.9 Å². The Morgan fingerprint density at radius 1 is 0.198 bits per heavy atom. The van der Waals surface area contributed by atoms with Gasteiger partial charge in [-0.05, 0) is 0 Å². The van der Waals surface area contributed by atoms with Crippen LogP contribution in [0.5, 0.6) is 0 Å². The molecule has 40 heteroatoms. The van der Waals surface area contributed by atoms with Gasteiger partial charge >= 0.3 is 53.7 Å². The first kappa shape index (κ1) is 82.7. The Labute approximate surface area is 523 Å². The molecule has 0 unspecified atom stereocenters. The van der Waals surface area contributed by atoms with Gasteiger partial charge in [0.25, 0.3) is 0 Å². The Kier molecular flexibility index (Phi) is 43.2. The highest BCUT2D eigenvalue weighted by Crippen LogP contribution is 2.02. The first-order valence-corrected chi connectivity index (χ1v) is 28.4. The fourth-order valence-electron chi connectivity index (χ4n) is 8.53. The maximum atomic E-state index is 13.3. The van der Waals surface area contributed by atoms with Crippen molar-refractivity contribution in [1.82, 2.24) is 80.9 Å². The number of amides is 6. The van der Waals surface area contributed by atoms with Crippen molar-refractivity contribution in [3.05, 3.63) is 0 Å². The van der Waals surface area contributed by atoms with E-state index in [0.717, 1.165) is 0 Å². The van der Waals surface area contributed by atoms with E-state index in [0.29, 0.717) is 0 Å². The fourth-order valence-corrected chi connectivity index (χ4v) is 8.53. The second-order valence-corrected chi connectivity index (χ2v) is 20.5. The zero-order valence-corrected chi connectivity index (χ0v) is 51.5. The average Bonchev–Trinajstić information content (AvgIpc) is 3.66. The van der Waals surface area contributed by atoms with Crippen LogP contribution >= 0.6 is 0 Å². The Balaban J connectivity index is 6.41. The smallest absolute Gasteiger partial charge is 0.317 e. The standard InChI is InChI=1S/C51H90N16O24/c1-52-37(68)22-62(31-46(80)81)16-10-59(28-43(74)75)13-19-65(34-49(86)87)25-40(71)55-4-7-58(8-5-56-41(72)26-66(35-50(88)89)20-14-60(29-44(76)77)11-17-63(32-47(82)83)23-38(69)53-2)9-6-57-42(73)27-67(36-51(90)91)21-15-61(30-45(78)79)12-18-64(33-48(84)85)24-39(70)54-3/h4-36H2,1-3H3,(H,52,68)(H,53,69)(H,54,70)(H,55,71)(H,56,72)(H,57,73)(H,74,75)(H,76,77)(H,78,79)(H,80,81)(H,82,83)(H,84,85)(H,86,87)(H,88,89)(H,90,91). The minimum atomic E-state index is -1.34. The molecular formula is C51H90N16O24. The molecule has 0 aliphatic rings. The highest BCUT2D eigenvalue weighted by molar-refractivity contribution is 5.82. The summed E-state index contributed by atoms with van der Waals surface area (Å²) in [6.07, 6.45) is 0. The van der Waals surface area contributed by atoms with Crippen LogP contribution in [-0.2, 0) is 71.9 Å². The van der Waals surface area contributed by atoms with Crippen molar-refractivity contribution in [3.8, 4) is 0 Å². The number of carbonyl (C=O) groups excluding carboxylic acids is 6. The summed E-state index contributed by atoms with van der Waals surface area (Å²) in [7, 11) is 4.04. The van der Waals surface area contributed by atoms with Crippen LogP contribution in [-0.4, -0.2) is 421 Å². The summed E-state index contributed by atoms with van der Waals surface area (Å²) in [6.45, 7) is -9.41. The van der Waals surface area contributed by atoms with Gasteiger partial charge in [-0.2, -0.15) is 0 Å². The number of carboxylic acids is 9. The van der Waals surface area contributed by atoms with E-state index >= 15 is 0 Å². The van der Waals surface area contributed by atoms with Gasteiger partial charge in [0.1, 0.15) is 0 Å². The largest absolute Gasteiger partial charge is 0.480 e. The van der Waals surface area contributed by atoms with E-state index in [1.807, 2.05) is 0 Å². The zero-order valence-electron chi connectivity index (χ0n) is 51.5. The molecule has 0 aromatic rings. The Morgan fingerprint density at radius 2 is 0.341 bits per heavy atom. The lowest BCUT2D eigenvalue weighted by atomic mass is 10.3. The molecule has 6 amide bonds. The van der Waals surface area contributed by atoms with Crippen LogP contribution in [0.1, 0.15) is 0 Å². The summed E-state index contributed by atoms with van der Waals surface area (Å²) in [5.74, 6) is -15.1. The number of nitrogens with one attached hydrogen (secondary N) is 6. The van der Waals surface area contributed by atoms with Crippen molar-refractivity contribution in [1.29, 1.82) is 0 Å². The lowest BCUT2D eigenvalue weighted by Crippen LogP contribution is -2.49. The summed E-state index contributed by atoms with van der Waals surface area (Å²) in [6, 6.07) is 0. The van der Waals surface area contributed by atoms with Gasteiger partial charge < -0.3 is 77.9 Å². The van der Waals surface area contributed by atoms with Crippen LogP contribution in [0.25, 0.3) is 0 Å². The van der Waals surface area contributed by atoms with Gasteiger partial charge in [0.2, 0.25) is 35.4 Å². The van der Waals surface area contributed by atoms with E-state index in [1.54, 1.807) is 4.90 Å². The number of hydrogen-bond acceptors (Lipinski definition) is 25. The Hall–Kier alpha value is -8.35. The van der Waals surface area contributed by atoms with Crippen LogP contribution in [0.3, 0.4) is 0 Å². The van der Waals surface area contributed by atoms with Crippen molar-refractivity contribution in [3.63, 3.8) is 0 Å². The number of hydrogen-bond donors (Lipinski definition) is 15. The number of aliphatic carboxylic acids is 9. The summed E-state index contributed by atoms with van der Waals surface area (Å²) >= 11 is 0. The molecule has 15 N–H and O–H groups in total. The summed E-state index contributed by atoms with van der Waals surface area (Å²) in [5, 5.41) is 101. The Bertz CT molecular complexity index is 2140. The van der Waals surface area contributed by atoms with Crippen LogP contribution in [0.2, 0.25) is 0 Å². The molecule has 0 fully saturated rings. The van der Waals surface area contributed by atoms with E-state index in [4.69, 9.17) is 0 Å². The molecule has 0 atom stereocenters. The highest BCUT2D eigenvalue weighted by atomic mass is 16.4. The van der Waals surface area contributed by atoms with Gasteiger partial charge in [-0.1, -0.05) is 0 Å². The maximum absolute atomic E-state index is 13.3. The second kappa shape index (κ2) is 47.6. The van der Waals surface area contributed by atoms with Crippen LogP contribution in [0.4, 0.5) is 0 Å². The maximum Gasteiger partial charge on any atom is 0.317 e. The molecular weight excluding hydrogens is 1220 g/mol. The third-order valence-electron chi connectivity index (χ3n) is 12.9. The van der Waals surface area contributed by atoms with Crippen molar-refractivity contribution in [2.75, 3.05) is 237 Å². The van der Waals surface area contributed by atoms with Crippen LogP contribution in [0, 0.1) is 0 Å². The van der Waals surface area contributed by atoms with E-state index in [1.165, 1.54) is 65.2 Å². The predicted molar refractivity (Wildman–Crippen MR) is 314 cm³/mol. The fraction of sp³-hybridized carbons (Fsp3) is 0.706. The molecule has 0 aliphatic carbocycles. The molecule has 0 aromatic heterocycles. The molecule has 0 radical (unpaired) electrons. The molecule has 0 heterocycles. The second-order valence-electron chi connectivity index (χ2n) is 20.5. The molecule has 91 heavy (non-hydrogen) atoms. The quantitative estimate of drug-likeness (QED) is 0.0269. The highest BCUT2D eigenvalue weighted by Gasteiger charge is 2.24.